The average Bonchev–Trinajstić information content (AvgIpc) is 3.50. The Bertz CT molecular complexity index is 1240. The number of benzene rings is 2. The number of hydrogen-bond acceptors (Lipinski definition) is 8. The van der Waals surface area contributed by atoms with E-state index in [0.29, 0.717) is 52.7 Å². The first-order valence-corrected chi connectivity index (χ1v) is 11.6. The molecule has 3 heterocycles. The van der Waals surface area contributed by atoms with Gasteiger partial charge >= 0.3 is 0 Å². The van der Waals surface area contributed by atoms with Crippen LogP contribution < -0.4 is 29.2 Å². The molecule has 0 aliphatic carbocycles. The SMILES string of the molecule is COc1ccc(OC)c(-c2csc(NC(=O)C3CC(=O)N(c4ccc5c(c4)OCCO5)C3)n2)c1. The van der Waals surface area contributed by atoms with Gasteiger partial charge in [-0.3, -0.25) is 9.59 Å². The van der Waals surface area contributed by atoms with Gasteiger partial charge in [0, 0.05) is 35.7 Å². The van der Waals surface area contributed by atoms with Crippen molar-refractivity contribution >= 4 is 34.0 Å². The summed E-state index contributed by atoms with van der Waals surface area (Å²) in [5, 5.41) is 5.15. The summed E-state index contributed by atoms with van der Waals surface area (Å²) in [6.45, 7) is 1.25. The lowest BCUT2D eigenvalue weighted by molar-refractivity contribution is -0.122. The second kappa shape index (κ2) is 9.22. The molecule has 0 spiro atoms. The molecule has 0 bridgehead atoms. The van der Waals surface area contributed by atoms with Crippen molar-refractivity contribution in [1.29, 1.82) is 0 Å². The molecular weight excluding hydrogens is 458 g/mol. The minimum atomic E-state index is -0.487. The summed E-state index contributed by atoms with van der Waals surface area (Å²) in [5.41, 5.74) is 2.11. The van der Waals surface area contributed by atoms with Crippen molar-refractivity contribution in [1.82, 2.24) is 4.98 Å². The van der Waals surface area contributed by atoms with Gasteiger partial charge in [0.15, 0.2) is 16.6 Å². The fourth-order valence-corrected chi connectivity index (χ4v) is 4.72. The highest BCUT2D eigenvalue weighted by atomic mass is 32.1. The predicted octanol–water partition coefficient (Wildman–Crippen LogP) is 3.59. The second-order valence-electron chi connectivity index (χ2n) is 7.83. The number of methoxy groups -OCH3 is 2. The van der Waals surface area contributed by atoms with Crippen LogP contribution in [0.2, 0.25) is 0 Å². The highest BCUT2D eigenvalue weighted by Crippen LogP contribution is 2.37. The molecule has 1 aromatic heterocycles. The van der Waals surface area contributed by atoms with Gasteiger partial charge in [0.25, 0.3) is 0 Å². The Labute approximate surface area is 200 Å². The number of carbonyl (C=O) groups excluding carboxylic acids is 2. The zero-order valence-electron chi connectivity index (χ0n) is 18.7. The van der Waals surface area contributed by atoms with Crippen molar-refractivity contribution in [3.05, 3.63) is 41.8 Å². The smallest absolute Gasteiger partial charge is 0.231 e. The summed E-state index contributed by atoms with van der Waals surface area (Å²) in [5.74, 6) is 1.75. The van der Waals surface area contributed by atoms with Crippen LogP contribution in [-0.2, 0) is 9.59 Å². The molecule has 5 rings (SSSR count). The van der Waals surface area contributed by atoms with Gasteiger partial charge in [0.2, 0.25) is 11.8 Å². The quantitative estimate of drug-likeness (QED) is 0.574. The summed E-state index contributed by atoms with van der Waals surface area (Å²) in [6, 6.07) is 10.8. The number of aromatic nitrogens is 1. The number of fused-ring (bicyclic) bond motifs is 1. The minimum absolute atomic E-state index is 0.113. The molecule has 0 radical (unpaired) electrons. The van der Waals surface area contributed by atoms with E-state index in [2.05, 4.69) is 10.3 Å². The molecule has 1 unspecified atom stereocenters. The third-order valence-electron chi connectivity index (χ3n) is 5.75. The van der Waals surface area contributed by atoms with Crippen molar-refractivity contribution in [2.75, 3.05) is 44.2 Å². The van der Waals surface area contributed by atoms with Gasteiger partial charge < -0.3 is 29.2 Å². The molecule has 2 aliphatic heterocycles. The maximum absolute atomic E-state index is 12.9. The maximum atomic E-state index is 12.9. The highest BCUT2D eigenvalue weighted by molar-refractivity contribution is 7.14. The third-order valence-corrected chi connectivity index (χ3v) is 6.51. The molecule has 1 fully saturated rings. The molecule has 10 heteroatoms. The van der Waals surface area contributed by atoms with Gasteiger partial charge in [-0.25, -0.2) is 4.98 Å². The van der Waals surface area contributed by atoms with E-state index >= 15 is 0 Å². The number of thiazole rings is 1. The van der Waals surface area contributed by atoms with Gasteiger partial charge in [-0.1, -0.05) is 0 Å². The van der Waals surface area contributed by atoms with Crippen molar-refractivity contribution in [3.63, 3.8) is 0 Å². The number of ether oxygens (including phenoxy) is 4. The first-order valence-electron chi connectivity index (χ1n) is 10.7. The van der Waals surface area contributed by atoms with E-state index < -0.39 is 5.92 Å². The molecular formula is C24H23N3O6S. The van der Waals surface area contributed by atoms with Crippen LogP contribution in [-0.4, -0.2) is 50.8 Å². The van der Waals surface area contributed by atoms with Crippen LogP contribution in [0.25, 0.3) is 11.3 Å². The number of hydrogen-bond donors (Lipinski definition) is 1. The predicted molar refractivity (Wildman–Crippen MR) is 127 cm³/mol. The summed E-state index contributed by atoms with van der Waals surface area (Å²) in [4.78, 5) is 31.7. The van der Waals surface area contributed by atoms with Crippen LogP contribution in [0.1, 0.15) is 6.42 Å². The number of nitrogens with zero attached hydrogens (tertiary/aromatic N) is 2. The Hall–Kier alpha value is -3.79. The highest BCUT2D eigenvalue weighted by Gasteiger charge is 2.36. The molecule has 1 N–H and O–H groups in total. The molecule has 0 saturated carbocycles. The minimum Gasteiger partial charge on any atom is -0.497 e. The zero-order valence-corrected chi connectivity index (χ0v) is 19.5. The van der Waals surface area contributed by atoms with E-state index in [1.807, 2.05) is 23.6 Å². The molecule has 34 heavy (non-hydrogen) atoms. The van der Waals surface area contributed by atoms with Crippen molar-refractivity contribution in [3.8, 4) is 34.3 Å². The van der Waals surface area contributed by atoms with Crippen molar-refractivity contribution in [2.45, 2.75) is 6.42 Å². The first kappa shape index (κ1) is 22.0. The van der Waals surface area contributed by atoms with Gasteiger partial charge in [-0.15, -0.1) is 11.3 Å². The summed E-state index contributed by atoms with van der Waals surface area (Å²) >= 11 is 1.31. The first-order chi connectivity index (χ1) is 16.6. The van der Waals surface area contributed by atoms with Crippen LogP contribution in [0.4, 0.5) is 10.8 Å². The van der Waals surface area contributed by atoms with Crippen molar-refractivity contribution in [2.24, 2.45) is 5.92 Å². The number of rotatable bonds is 6. The largest absolute Gasteiger partial charge is 0.497 e. The van der Waals surface area contributed by atoms with E-state index in [-0.39, 0.29) is 24.8 Å². The van der Waals surface area contributed by atoms with Crippen molar-refractivity contribution < 1.29 is 28.5 Å². The molecule has 176 valence electrons. The molecule has 2 amide bonds. The lowest BCUT2D eigenvalue weighted by atomic mass is 10.1. The fraction of sp³-hybridized carbons (Fsp3) is 0.292. The lowest BCUT2D eigenvalue weighted by Gasteiger charge is -2.22. The summed E-state index contributed by atoms with van der Waals surface area (Å²) < 4.78 is 21.9. The van der Waals surface area contributed by atoms with E-state index in [1.54, 1.807) is 37.3 Å². The van der Waals surface area contributed by atoms with Gasteiger partial charge in [0.1, 0.15) is 24.7 Å². The van der Waals surface area contributed by atoms with Gasteiger partial charge in [-0.05, 0) is 30.3 Å². The van der Waals surface area contributed by atoms with Crippen LogP contribution in [0.3, 0.4) is 0 Å². The van der Waals surface area contributed by atoms with E-state index in [1.165, 1.54) is 11.3 Å². The Balaban J connectivity index is 1.28. The summed E-state index contributed by atoms with van der Waals surface area (Å²) in [6.07, 6.45) is 0.127. The van der Waals surface area contributed by atoms with Crippen LogP contribution in [0.5, 0.6) is 23.0 Å². The number of anilines is 2. The Morgan fingerprint density at radius 2 is 1.94 bits per heavy atom. The average molecular weight is 482 g/mol. The van der Waals surface area contributed by atoms with Gasteiger partial charge in [0.05, 0.1) is 25.8 Å². The molecule has 9 nitrogen and oxygen atoms in total. The lowest BCUT2D eigenvalue weighted by Crippen LogP contribution is -2.28. The fourth-order valence-electron chi connectivity index (χ4n) is 4.01. The molecule has 1 atom stereocenters. The Morgan fingerprint density at radius 1 is 1.12 bits per heavy atom. The van der Waals surface area contributed by atoms with Gasteiger partial charge in [-0.2, -0.15) is 0 Å². The van der Waals surface area contributed by atoms with Crippen LogP contribution in [0.15, 0.2) is 41.8 Å². The molecule has 2 aliphatic rings. The third kappa shape index (κ3) is 4.24. The Morgan fingerprint density at radius 3 is 2.74 bits per heavy atom. The Kier molecular flexibility index (Phi) is 5.97. The maximum Gasteiger partial charge on any atom is 0.231 e. The number of nitrogens with one attached hydrogen (secondary N) is 1. The molecule has 1 saturated heterocycles. The van der Waals surface area contributed by atoms with E-state index in [0.717, 1.165) is 5.56 Å². The molecule has 2 aromatic carbocycles. The second-order valence-corrected chi connectivity index (χ2v) is 8.68. The van der Waals surface area contributed by atoms with E-state index in [4.69, 9.17) is 18.9 Å². The van der Waals surface area contributed by atoms with Crippen LogP contribution >= 0.6 is 11.3 Å². The normalized spacial score (nSPS) is 16.9. The van der Waals surface area contributed by atoms with E-state index in [9.17, 15) is 9.59 Å². The number of carbonyl (C=O) groups is 2. The molecule has 3 aromatic rings. The topological polar surface area (TPSA) is 99.2 Å². The monoisotopic (exact) mass is 481 g/mol. The zero-order chi connectivity index (χ0) is 23.7. The number of amides is 2. The summed E-state index contributed by atoms with van der Waals surface area (Å²) in [7, 11) is 3.18. The standard InChI is InChI=1S/C24H23N3O6S/c1-30-16-4-6-19(31-2)17(11-16)18-13-34-24(25-18)26-23(29)14-9-22(28)27(12-14)15-3-5-20-21(10-15)33-8-7-32-20/h3-6,10-11,13-14H,7-9,12H2,1-2H3,(H,25,26,29). The van der Waals surface area contributed by atoms with Crippen LogP contribution in [0, 0.1) is 5.92 Å².